The molecule has 0 fully saturated rings. The van der Waals surface area contributed by atoms with Gasteiger partial charge in [-0.05, 0) is 38.8 Å². The molecule has 0 amide bonds. The second-order valence-electron chi connectivity index (χ2n) is 5.03. The van der Waals surface area contributed by atoms with Crippen molar-refractivity contribution in [1.29, 1.82) is 0 Å². The Hall–Kier alpha value is -1.61. The summed E-state index contributed by atoms with van der Waals surface area (Å²) in [6.45, 7) is 9.18. The highest BCUT2D eigenvalue weighted by Crippen LogP contribution is 2.06. The zero-order valence-electron chi connectivity index (χ0n) is 12.2. The van der Waals surface area contributed by atoms with Crippen LogP contribution in [0.1, 0.15) is 31.9 Å². The highest BCUT2D eigenvalue weighted by molar-refractivity contribution is 5.82. The quantitative estimate of drug-likeness (QED) is 0.632. The minimum atomic E-state index is -0.273. The SMILES string of the molecule is CC(C)=CC(=O)OC(C)CNCc1ccccc1C. The van der Waals surface area contributed by atoms with Crippen molar-refractivity contribution in [1.82, 2.24) is 5.32 Å². The Morgan fingerprint density at radius 2 is 2.05 bits per heavy atom. The first-order chi connectivity index (χ1) is 8.99. The smallest absolute Gasteiger partial charge is 0.330 e. The van der Waals surface area contributed by atoms with Gasteiger partial charge in [-0.25, -0.2) is 4.79 Å². The van der Waals surface area contributed by atoms with Crippen molar-refractivity contribution in [3.63, 3.8) is 0 Å². The maximum Gasteiger partial charge on any atom is 0.330 e. The van der Waals surface area contributed by atoms with Crippen LogP contribution in [0.5, 0.6) is 0 Å². The maximum atomic E-state index is 11.4. The molecule has 1 rings (SSSR count). The molecule has 1 aromatic rings. The molecule has 3 nitrogen and oxygen atoms in total. The number of hydrogen-bond donors (Lipinski definition) is 1. The van der Waals surface area contributed by atoms with E-state index in [9.17, 15) is 4.79 Å². The zero-order valence-corrected chi connectivity index (χ0v) is 12.2. The molecule has 1 atom stereocenters. The fourth-order valence-electron chi connectivity index (χ4n) is 1.73. The van der Waals surface area contributed by atoms with Crippen molar-refractivity contribution in [3.05, 3.63) is 47.0 Å². The van der Waals surface area contributed by atoms with Crippen LogP contribution in [0, 0.1) is 6.92 Å². The Bertz CT molecular complexity index is 448. The molecule has 1 unspecified atom stereocenters. The zero-order chi connectivity index (χ0) is 14.3. The van der Waals surface area contributed by atoms with Crippen LogP contribution in [-0.4, -0.2) is 18.6 Å². The fourth-order valence-corrected chi connectivity index (χ4v) is 1.73. The molecule has 0 aliphatic rings. The second kappa shape index (κ2) is 7.74. The highest BCUT2D eigenvalue weighted by atomic mass is 16.5. The third kappa shape index (κ3) is 6.20. The van der Waals surface area contributed by atoms with Crippen molar-refractivity contribution in [2.45, 2.75) is 40.3 Å². The summed E-state index contributed by atoms with van der Waals surface area (Å²) in [5, 5.41) is 3.30. The van der Waals surface area contributed by atoms with Crippen molar-refractivity contribution < 1.29 is 9.53 Å². The maximum absolute atomic E-state index is 11.4. The first kappa shape index (κ1) is 15.4. The molecule has 0 radical (unpaired) electrons. The van der Waals surface area contributed by atoms with Gasteiger partial charge >= 0.3 is 5.97 Å². The van der Waals surface area contributed by atoms with Gasteiger partial charge in [-0.2, -0.15) is 0 Å². The number of rotatable bonds is 6. The molecule has 0 aliphatic carbocycles. The highest BCUT2D eigenvalue weighted by Gasteiger charge is 2.07. The standard InChI is InChI=1S/C16H23NO2/c1-12(2)9-16(18)19-14(4)10-17-11-15-8-6-5-7-13(15)3/h5-9,14,17H,10-11H2,1-4H3. The number of carbonyl (C=O) groups excluding carboxylic acids is 1. The summed E-state index contributed by atoms with van der Waals surface area (Å²) in [4.78, 5) is 11.4. The van der Waals surface area contributed by atoms with Crippen LogP contribution >= 0.6 is 0 Å². The fraction of sp³-hybridized carbons (Fsp3) is 0.438. The summed E-state index contributed by atoms with van der Waals surface area (Å²) >= 11 is 0. The number of carbonyl (C=O) groups is 1. The Kier molecular flexibility index (Phi) is 6.30. The molecule has 0 aromatic heterocycles. The minimum absolute atomic E-state index is 0.132. The van der Waals surface area contributed by atoms with E-state index in [4.69, 9.17) is 4.74 Å². The molecule has 0 heterocycles. The molecular formula is C16H23NO2. The van der Waals surface area contributed by atoms with E-state index >= 15 is 0 Å². The van der Waals surface area contributed by atoms with Gasteiger partial charge in [-0.15, -0.1) is 0 Å². The number of ether oxygens (including phenoxy) is 1. The lowest BCUT2D eigenvalue weighted by Gasteiger charge is -2.14. The van der Waals surface area contributed by atoms with E-state index in [2.05, 4.69) is 24.4 Å². The van der Waals surface area contributed by atoms with Crippen molar-refractivity contribution in [3.8, 4) is 0 Å². The van der Waals surface area contributed by atoms with Gasteiger partial charge in [0.05, 0.1) is 0 Å². The second-order valence-corrected chi connectivity index (χ2v) is 5.03. The summed E-state index contributed by atoms with van der Waals surface area (Å²) in [6.07, 6.45) is 1.38. The Morgan fingerprint density at radius 1 is 1.37 bits per heavy atom. The number of nitrogens with one attached hydrogen (secondary N) is 1. The van der Waals surface area contributed by atoms with Crippen LogP contribution in [0.4, 0.5) is 0 Å². The van der Waals surface area contributed by atoms with Crippen LogP contribution in [0.15, 0.2) is 35.9 Å². The van der Waals surface area contributed by atoms with E-state index in [-0.39, 0.29) is 12.1 Å². The molecule has 0 aliphatic heterocycles. The van der Waals surface area contributed by atoms with Gasteiger partial charge in [0.2, 0.25) is 0 Å². The van der Waals surface area contributed by atoms with Crippen LogP contribution in [0.2, 0.25) is 0 Å². The van der Waals surface area contributed by atoms with Crippen LogP contribution in [0.25, 0.3) is 0 Å². The Balaban J connectivity index is 2.31. The average Bonchev–Trinajstić information content (AvgIpc) is 2.30. The Morgan fingerprint density at radius 3 is 2.68 bits per heavy atom. The summed E-state index contributed by atoms with van der Waals surface area (Å²) in [5.74, 6) is -0.273. The molecule has 0 spiro atoms. The number of hydrogen-bond acceptors (Lipinski definition) is 3. The molecule has 1 N–H and O–H groups in total. The van der Waals surface area contributed by atoms with Gasteiger partial charge in [0, 0.05) is 19.2 Å². The predicted molar refractivity (Wildman–Crippen MR) is 77.9 cm³/mol. The van der Waals surface area contributed by atoms with Gasteiger partial charge in [-0.3, -0.25) is 0 Å². The number of aryl methyl sites for hydroxylation is 1. The molecular weight excluding hydrogens is 238 g/mol. The van der Waals surface area contributed by atoms with Gasteiger partial charge in [0.25, 0.3) is 0 Å². The first-order valence-corrected chi connectivity index (χ1v) is 6.59. The largest absolute Gasteiger partial charge is 0.458 e. The predicted octanol–water partition coefficient (Wildman–Crippen LogP) is 2.98. The third-order valence-electron chi connectivity index (χ3n) is 2.73. The van der Waals surface area contributed by atoms with E-state index in [1.54, 1.807) is 0 Å². The number of esters is 1. The molecule has 0 bridgehead atoms. The van der Waals surface area contributed by atoms with E-state index in [1.807, 2.05) is 32.9 Å². The lowest BCUT2D eigenvalue weighted by atomic mass is 10.1. The van der Waals surface area contributed by atoms with Gasteiger partial charge in [0.1, 0.15) is 6.10 Å². The monoisotopic (exact) mass is 261 g/mol. The van der Waals surface area contributed by atoms with Gasteiger partial charge < -0.3 is 10.1 Å². The van der Waals surface area contributed by atoms with Crippen LogP contribution in [0.3, 0.4) is 0 Å². The molecule has 104 valence electrons. The van der Waals surface area contributed by atoms with Crippen molar-refractivity contribution in [2.75, 3.05) is 6.54 Å². The lowest BCUT2D eigenvalue weighted by Crippen LogP contribution is -2.28. The first-order valence-electron chi connectivity index (χ1n) is 6.59. The molecule has 0 saturated heterocycles. The summed E-state index contributed by atoms with van der Waals surface area (Å²) in [7, 11) is 0. The van der Waals surface area contributed by atoms with E-state index in [0.29, 0.717) is 6.54 Å². The van der Waals surface area contributed by atoms with Crippen LogP contribution < -0.4 is 5.32 Å². The van der Waals surface area contributed by atoms with Crippen LogP contribution in [-0.2, 0) is 16.1 Å². The molecule has 19 heavy (non-hydrogen) atoms. The lowest BCUT2D eigenvalue weighted by molar-refractivity contribution is -0.142. The van der Waals surface area contributed by atoms with Crippen molar-refractivity contribution >= 4 is 5.97 Å². The number of benzene rings is 1. The summed E-state index contributed by atoms with van der Waals surface area (Å²) in [6, 6.07) is 8.25. The average molecular weight is 261 g/mol. The molecule has 0 saturated carbocycles. The summed E-state index contributed by atoms with van der Waals surface area (Å²) < 4.78 is 5.25. The third-order valence-corrected chi connectivity index (χ3v) is 2.73. The van der Waals surface area contributed by atoms with E-state index in [0.717, 1.165) is 12.1 Å². The Labute approximate surface area is 115 Å². The van der Waals surface area contributed by atoms with Crippen molar-refractivity contribution in [2.24, 2.45) is 0 Å². The number of allylic oxidation sites excluding steroid dienone is 1. The van der Waals surface area contributed by atoms with E-state index < -0.39 is 0 Å². The summed E-state index contributed by atoms with van der Waals surface area (Å²) in [5.41, 5.74) is 3.49. The topological polar surface area (TPSA) is 38.3 Å². The van der Waals surface area contributed by atoms with Gasteiger partial charge in [0.15, 0.2) is 0 Å². The van der Waals surface area contributed by atoms with E-state index in [1.165, 1.54) is 17.2 Å². The van der Waals surface area contributed by atoms with Gasteiger partial charge in [-0.1, -0.05) is 29.8 Å². The minimum Gasteiger partial charge on any atom is -0.458 e. The molecule has 1 aromatic carbocycles. The molecule has 3 heteroatoms. The normalized spacial score (nSPS) is 11.8.